The first-order valence-corrected chi connectivity index (χ1v) is 7.44. The normalized spacial score (nSPS) is 11.5. The Morgan fingerprint density at radius 1 is 0.762 bits per heavy atom. The highest BCUT2D eigenvalue weighted by Gasteiger charge is 2.11. The zero-order chi connectivity index (χ0) is 15.2. The quantitative estimate of drug-likeness (QED) is 0.527. The molecular weight excluding hydrogens is 258 g/mol. The van der Waals surface area contributed by atoms with Crippen molar-refractivity contribution in [2.45, 2.75) is 39.8 Å². The molecule has 0 aromatic heterocycles. The van der Waals surface area contributed by atoms with Crippen LogP contribution in [0.25, 0.3) is 11.1 Å². The molecule has 2 aromatic carbocycles. The number of hydrogen-bond acceptors (Lipinski definition) is 2. The maximum absolute atomic E-state index is 4.48. The van der Waals surface area contributed by atoms with Crippen LogP contribution in [0.4, 0.5) is 5.69 Å². The van der Waals surface area contributed by atoms with E-state index in [0.29, 0.717) is 12.1 Å². The zero-order valence-electron chi connectivity index (χ0n) is 13.2. The van der Waals surface area contributed by atoms with Crippen molar-refractivity contribution in [3.05, 3.63) is 54.6 Å². The third kappa shape index (κ3) is 3.91. The molecule has 3 nitrogen and oxygen atoms in total. The van der Waals surface area contributed by atoms with Crippen LogP contribution >= 0.6 is 0 Å². The van der Waals surface area contributed by atoms with Gasteiger partial charge in [-0.2, -0.15) is 0 Å². The minimum Gasteiger partial charge on any atom is -0.273 e. The van der Waals surface area contributed by atoms with Gasteiger partial charge < -0.3 is 0 Å². The van der Waals surface area contributed by atoms with Gasteiger partial charge in [-0.05, 0) is 39.3 Å². The van der Waals surface area contributed by atoms with E-state index in [1.54, 1.807) is 0 Å². The van der Waals surface area contributed by atoms with Crippen molar-refractivity contribution < 1.29 is 0 Å². The highest BCUT2D eigenvalue weighted by Crippen LogP contribution is 2.30. The van der Waals surface area contributed by atoms with Crippen LogP contribution < -0.4 is 0 Å². The molecule has 0 fully saturated rings. The minimum absolute atomic E-state index is 0.331. The number of hydrogen-bond donors (Lipinski definition) is 0. The highest BCUT2D eigenvalue weighted by molar-refractivity contribution is 5.75. The molecule has 0 bridgehead atoms. The standard InChI is InChI=1S/C18H23N3/c1-14(2)21(15(3)4)20-19-18-13-9-8-12-17(18)16-10-6-5-7-11-16/h5-15H,1-4H3. The second-order valence-electron chi connectivity index (χ2n) is 5.64. The van der Waals surface area contributed by atoms with Crippen LogP contribution in [0.15, 0.2) is 64.9 Å². The third-order valence-electron chi connectivity index (χ3n) is 3.30. The van der Waals surface area contributed by atoms with Gasteiger partial charge in [0.25, 0.3) is 0 Å². The summed E-state index contributed by atoms with van der Waals surface area (Å²) in [6, 6.07) is 19.1. The molecule has 0 saturated heterocycles. The van der Waals surface area contributed by atoms with Crippen molar-refractivity contribution >= 4 is 5.69 Å². The molecule has 0 radical (unpaired) electrons. The predicted octanol–water partition coefficient (Wildman–Crippen LogP) is 5.47. The summed E-state index contributed by atoms with van der Waals surface area (Å²) >= 11 is 0. The van der Waals surface area contributed by atoms with Gasteiger partial charge in [0.05, 0.1) is 5.69 Å². The molecule has 0 aliphatic heterocycles. The largest absolute Gasteiger partial charge is 0.273 e. The fourth-order valence-electron chi connectivity index (χ4n) is 2.33. The summed E-state index contributed by atoms with van der Waals surface area (Å²) in [6.07, 6.45) is 0. The Labute approximate surface area is 127 Å². The molecule has 3 heteroatoms. The van der Waals surface area contributed by atoms with E-state index < -0.39 is 0 Å². The monoisotopic (exact) mass is 281 g/mol. The second-order valence-corrected chi connectivity index (χ2v) is 5.64. The van der Waals surface area contributed by atoms with Crippen molar-refractivity contribution in [1.82, 2.24) is 5.01 Å². The maximum atomic E-state index is 4.48. The van der Waals surface area contributed by atoms with E-state index in [0.717, 1.165) is 16.8 Å². The van der Waals surface area contributed by atoms with Gasteiger partial charge in [-0.15, -0.1) is 5.11 Å². The Hall–Kier alpha value is -2.16. The fraction of sp³-hybridized carbons (Fsp3) is 0.333. The van der Waals surface area contributed by atoms with Crippen LogP contribution in [0.2, 0.25) is 0 Å². The van der Waals surface area contributed by atoms with Gasteiger partial charge >= 0.3 is 0 Å². The van der Waals surface area contributed by atoms with E-state index >= 15 is 0 Å². The van der Waals surface area contributed by atoms with Crippen LogP contribution in [-0.2, 0) is 0 Å². The summed E-state index contributed by atoms with van der Waals surface area (Å²) in [5.74, 6) is 0. The summed E-state index contributed by atoms with van der Waals surface area (Å²) in [5.41, 5.74) is 3.16. The van der Waals surface area contributed by atoms with Crippen molar-refractivity contribution in [2.75, 3.05) is 0 Å². The molecule has 0 atom stereocenters. The van der Waals surface area contributed by atoms with Crippen LogP contribution in [-0.4, -0.2) is 17.1 Å². The Kier molecular flexibility index (Phi) is 5.09. The molecule has 0 spiro atoms. The molecule has 110 valence electrons. The fourth-order valence-corrected chi connectivity index (χ4v) is 2.33. The lowest BCUT2D eigenvalue weighted by Gasteiger charge is -2.25. The van der Waals surface area contributed by atoms with Gasteiger partial charge in [-0.1, -0.05) is 53.8 Å². The van der Waals surface area contributed by atoms with E-state index in [4.69, 9.17) is 0 Å². The summed E-state index contributed by atoms with van der Waals surface area (Å²) in [7, 11) is 0. The lowest BCUT2D eigenvalue weighted by Crippen LogP contribution is -2.31. The van der Waals surface area contributed by atoms with Gasteiger partial charge in [0.15, 0.2) is 0 Å². The van der Waals surface area contributed by atoms with Crippen LogP contribution in [0.3, 0.4) is 0 Å². The lowest BCUT2D eigenvalue weighted by molar-refractivity contribution is 0.169. The Morgan fingerprint density at radius 3 is 1.95 bits per heavy atom. The predicted molar refractivity (Wildman–Crippen MR) is 88.5 cm³/mol. The van der Waals surface area contributed by atoms with Crippen molar-refractivity contribution in [2.24, 2.45) is 10.3 Å². The van der Waals surface area contributed by atoms with Crippen molar-refractivity contribution in [3.63, 3.8) is 0 Å². The van der Waals surface area contributed by atoms with Gasteiger partial charge in [0, 0.05) is 17.6 Å². The second kappa shape index (κ2) is 7.02. The summed E-state index contributed by atoms with van der Waals surface area (Å²) < 4.78 is 0. The van der Waals surface area contributed by atoms with Gasteiger partial charge in [-0.25, -0.2) is 0 Å². The molecule has 0 N–H and O–H groups in total. The molecule has 21 heavy (non-hydrogen) atoms. The molecule has 2 rings (SSSR count). The van der Waals surface area contributed by atoms with Gasteiger partial charge in [0.1, 0.15) is 0 Å². The lowest BCUT2D eigenvalue weighted by atomic mass is 10.0. The maximum Gasteiger partial charge on any atom is 0.0952 e. The Morgan fingerprint density at radius 2 is 1.33 bits per heavy atom. The smallest absolute Gasteiger partial charge is 0.0952 e. The number of rotatable bonds is 5. The first kappa shape index (κ1) is 15.2. The molecule has 2 aromatic rings. The average molecular weight is 281 g/mol. The third-order valence-corrected chi connectivity index (χ3v) is 3.30. The molecule has 0 heterocycles. The molecular formula is C18H23N3. The van der Waals surface area contributed by atoms with Crippen LogP contribution in [0.1, 0.15) is 27.7 Å². The highest BCUT2D eigenvalue weighted by atomic mass is 15.6. The molecule has 0 aliphatic carbocycles. The minimum atomic E-state index is 0.331. The number of benzene rings is 2. The van der Waals surface area contributed by atoms with Gasteiger partial charge in [0.2, 0.25) is 0 Å². The van der Waals surface area contributed by atoms with Crippen molar-refractivity contribution in [3.8, 4) is 11.1 Å². The Balaban J connectivity index is 2.33. The van der Waals surface area contributed by atoms with Crippen LogP contribution in [0.5, 0.6) is 0 Å². The van der Waals surface area contributed by atoms with Crippen molar-refractivity contribution in [1.29, 1.82) is 0 Å². The van der Waals surface area contributed by atoms with E-state index in [1.165, 1.54) is 0 Å². The van der Waals surface area contributed by atoms with E-state index in [-0.39, 0.29) is 0 Å². The Bertz CT molecular complexity index is 580. The molecule has 0 unspecified atom stereocenters. The molecule has 0 aliphatic rings. The average Bonchev–Trinajstić information content (AvgIpc) is 2.48. The number of nitrogens with zero attached hydrogens (tertiary/aromatic N) is 3. The van der Waals surface area contributed by atoms with E-state index in [2.05, 4.69) is 56.2 Å². The van der Waals surface area contributed by atoms with E-state index in [9.17, 15) is 0 Å². The zero-order valence-corrected chi connectivity index (χ0v) is 13.2. The molecule has 0 amide bonds. The van der Waals surface area contributed by atoms with E-state index in [1.807, 2.05) is 41.4 Å². The summed E-state index contributed by atoms with van der Waals surface area (Å²) in [5, 5.41) is 10.9. The molecule has 0 saturated carbocycles. The topological polar surface area (TPSA) is 28.0 Å². The van der Waals surface area contributed by atoms with Gasteiger partial charge in [-0.3, -0.25) is 5.01 Å². The summed E-state index contributed by atoms with van der Waals surface area (Å²) in [6.45, 7) is 8.51. The summed E-state index contributed by atoms with van der Waals surface area (Å²) in [4.78, 5) is 0. The SMILES string of the molecule is CC(C)N(N=Nc1ccccc1-c1ccccc1)C(C)C. The van der Waals surface area contributed by atoms with Crippen LogP contribution in [0, 0.1) is 0 Å². The first-order valence-electron chi connectivity index (χ1n) is 7.44. The first-order chi connectivity index (χ1) is 10.1.